The quantitative estimate of drug-likeness (QED) is 0.572. The first-order valence-electron chi connectivity index (χ1n) is 7.49. The zero-order valence-electron chi connectivity index (χ0n) is 13.1. The molecular formula is C17H22O5. The number of carbonyl (C=O) groups is 2. The van der Waals surface area contributed by atoms with Crippen molar-refractivity contribution in [1.29, 1.82) is 0 Å². The summed E-state index contributed by atoms with van der Waals surface area (Å²) in [5.74, 6) is -1.09. The number of ketones is 1. The van der Waals surface area contributed by atoms with Crippen molar-refractivity contribution in [3.63, 3.8) is 0 Å². The summed E-state index contributed by atoms with van der Waals surface area (Å²) in [6.45, 7) is 2.95. The van der Waals surface area contributed by atoms with Crippen LogP contribution >= 0.6 is 0 Å². The molecule has 0 bridgehead atoms. The van der Waals surface area contributed by atoms with Crippen LogP contribution in [0.2, 0.25) is 0 Å². The predicted octanol–water partition coefficient (Wildman–Crippen LogP) is 2.65. The van der Waals surface area contributed by atoms with E-state index in [2.05, 4.69) is 4.74 Å². The molecule has 5 nitrogen and oxygen atoms in total. The number of benzene rings is 1. The number of hydrogen-bond donors (Lipinski definition) is 0. The van der Waals surface area contributed by atoms with Gasteiger partial charge in [0.2, 0.25) is 0 Å². The maximum atomic E-state index is 12.2. The third kappa shape index (κ3) is 4.39. The molecule has 0 aliphatic carbocycles. The summed E-state index contributed by atoms with van der Waals surface area (Å²) < 4.78 is 16.0. The van der Waals surface area contributed by atoms with Gasteiger partial charge >= 0.3 is 5.97 Å². The van der Waals surface area contributed by atoms with Crippen LogP contribution in [0.5, 0.6) is 0 Å². The van der Waals surface area contributed by atoms with Gasteiger partial charge in [-0.15, -0.1) is 0 Å². The number of Topliss-reactive ketones (excluding diaryl/α,β-unsaturated/α-hetero) is 1. The van der Waals surface area contributed by atoms with Gasteiger partial charge in [-0.3, -0.25) is 9.59 Å². The van der Waals surface area contributed by atoms with E-state index in [4.69, 9.17) is 9.47 Å². The van der Waals surface area contributed by atoms with Gasteiger partial charge in [-0.2, -0.15) is 0 Å². The first kappa shape index (κ1) is 16.6. The van der Waals surface area contributed by atoms with E-state index < -0.39 is 5.79 Å². The van der Waals surface area contributed by atoms with E-state index >= 15 is 0 Å². The maximum absolute atomic E-state index is 12.2. The van der Waals surface area contributed by atoms with Crippen molar-refractivity contribution in [1.82, 2.24) is 0 Å². The monoisotopic (exact) mass is 306 g/mol. The highest BCUT2D eigenvalue weighted by molar-refractivity contribution is 5.96. The molecule has 1 fully saturated rings. The molecule has 120 valence electrons. The lowest BCUT2D eigenvalue weighted by Crippen LogP contribution is -2.32. The number of hydrogen-bond acceptors (Lipinski definition) is 5. The second kappa shape index (κ2) is 7.51. The van der Waals surface area contributed by atoms with Gasteiger partial charge in [0, 0.05) is 24.8 Å². The van der Waals surface area contributed by atoms with E-state index in [1.807, 2.05) is 31.2 Å². The van der Waals surface area contributed by atoms with Gasteiger partial charge in [-0.05, 0) is 6.92 Å². The van der Waals surface area contributed by atoms with Crippen LogP contribution < -0.4 is 0 Å². The molecule has 1 aromatic carbocycles. The topological polar surface area (TPSA) is 61.8 Å². The Bertz CT molecular complexity index is 514. The van der Waals surface area contributed by atoms with Gasteiger partial charge in [0.15, 0.2) is 11.6 Å². The van der Waals surface area contributed by atoms with Crippen molar-refractivity contribution >= 4 is 11.8 Å². The maximum Gasteiger partial charge on any atom is 0.305 e. The van der Waals surface area contributed by atoms with E-state index in [1.165, 1.54) is 7.11 Å². The second-order valence-electron chi connectivity index (χ2n) is 5.47. The summed E-state index contributed by atoms with van der Waals surface area (Å²) in [6.07, 6.45) is 1.39. The van der Waals surface area contributed by atoms with Gasteiger partial charge < -0.3 is 14.2 Å². The minimum absolute atomic E-state index is 0.0524. The third-order valence-corrected chi connectivity index (χ3v) is 3.86. The molecule has 1 heterocycles. The average Bonchev–Trinajstić information content (AvgIpc) is 3.00. The van der Waals surface area contributed by atoms with Gasteiger partial charge in [0.1, 0.15) is 0 Å². The highest BCUT2D eigenvalue weighted by Gasteiger charge is 2.37. The van der Waals surface area contributed by atoms with Crippen molar-refractivity contribution in [2.45, 2.75) is 38.4 Å². The van der Waals surface area contributed by atoms with Crippen LogP contribution in [0.4, 0.5) is 0 Å². The first-order chi connectivity index (χ1) is 10.5. The minimum atomic E-state index is -0.839. The van der Waals surface area contributed by atoms with Crippen LogP contribution in [0.3, 0.4) is 0 Å². The van der Waals surface area contributed by atoms with Crippen molar-refractivity contribution in [3.8, 4) is 0 Å². The lowest BCUT2D eigenvalue weighted by molar-refractivity contribution is -0.172. The third-order valence-electron chi connectivity index (χ3n) is 3.86. The first-order valence-corrected chi connectivity index (χ1v) is 7.49. The smallest absolute Gasteiger partial charge is 0.305 e. The molecule has 0 spiro atoms. The van der Waals surface area contributed by atoms with E-state index in [-0.39, 0.29) is 18.2 Å². The van der Waals surface area contributed by atoms with Gasteiger partial charge in [-0.25, -0.2) is 0 Å². The number of esters is 1. The Morgan fingerprint density at radius 1 is 1.09 bits per heavy atom. The largest absolute Gasteiger partial charge is 0.469 e. The minimum Gasteiger partial charge on any atom is -0.469 e. The summed E-state index contributed by atoms with van der Waals surface area (Å²) in [4.78, 5) is 23.5. The summed E-state index contributed by atoms with van der Waals surface area (Å²) in [5.41, 5.74) is 1.81. The van der Waals surface area contributed by atoms with E-state index in [9.17, 15) is 9.59 Å². The molecule has 1 aliphatic rings. The Kier molecular flexibility index (Phi) is 5.69. The second-order valence-corrected chi connectivity index (χ2v) is 5.47. The Hall–Kier alpha value is -1.72. The summed E-state index contributed by atoms with van der Waals surface area (Å²) >= 11 is 0. The molecule has 0 amide bonds. The normalized spacial score (nSPS) is 16.5. The van der Waals surface area contributed by atoms with Crippen LogP contribution in [-0.4, -0.2) is 37.9 Å². The summed E-state index contributed by atoms with van der Waals surface area (Å²) in [7, 11) is 1.35. The average molecular weight is 306 g/mol. The highest BCUT2D eigenvalue weighted by Crippen LogP contribution is 2.30. The molecule has 0 radical (unpaired) electrons. The van der Waals surface area contributed by atoms with Crippen molar-refractivity contribution in [3.05, 3.63) is 35.4 Å². The molecule has 22 heavy (non-hydrogen) atoms. The molecule has 1 aromatic rings. The van der Waals surface area contributed by atoms with Crippen LogP contribution in [-0.2, 0) is 19.0 Å². The predicted molar refractivity (Wildman–Crippen MR) is 80.6 cm³/mol. The zero-order valence-corrected chi connectivity index (χ0v) is 13.1. The summed E-state index contributed by atoms with van der Waals surface area (Å²) in [6, 6.07) is 7.50. The zero-order chi connectivity index (χ0) is 16.0. The Labute approximate surface area is 130 Å². The Balaban J connectivity index is 1.92. The molecule has 1 aliphatic heterocycles. The van der Waals surface area contributed by atoms with Crippen LogP contribution in [0, 0.1) is 6.92 Å². The van der Waals surface area contributed by atoms with Crippen molar-refractivity contribution in [2.75, 3.05) is 20.3 Å². The Morgan fingerprint density at radius 2 is 1.68 bits per heavy atom. The number of ether oxygens (including phenoxy) is 3. The molecule has 0 unspecified atom stereocenters. The van der Waals surface area contributed by atoms with Crippen LogP contribution in [0.15, 0.2) is 24.3 Å². The molecular weight excluding hydrogens is 284 g/mol. The molecule has 1 saturated heterocycles. The highest BCUT2D eigenvalue weighted by atomic mass is 16.7. The number of methoxy groups -OCH3 is 1. The van der Waals surface area contributed by atoms with Crippen LogP contribution in [0.25, 0.3) is 0 Å². The van der Waals surface area contributed by atoms with Crippen molar-refractivity contribution in [2.24, 2.45) is 0 Å². The standard InChI is InChI=1S/C17H22O5/c1-13-3-5-14(6-4-13)15(18)7-9-17(21-11-12-22-17)10-8-16(19)20-2/h3-6H,7-12H2,1-2H3. The van der Waals surface area contributed by atoms with E-state index in [1.54, 1.807) is 0 Å². The van der Waals surface area contributed by atoms with Crippen LogP contribution in [0.1, 0.15) is 41.6 Å². The molecule has 0 saturated carbocycles. The fourth-order valence-electron chi connectivity index (χ4n) is 2.49. The lowest BCUT2D eigenvalue weighted by atomic mass is 9.99. The fourth-order valence-corrected chi connectivity index (χ4v) is 2.49. The number of carbonyl (C=O) groups excluding carboxylic acids is 2. The lowest BCUT2D eigenvalue weighted by Gasteiger charge is -2.26. The molecule has 5 heteroatoms. The molecule has 0 aromatic heterocycles. The number of rotatable bonds is 7. The van der Waals surface area contributed by atoms with Gasteiger partial charge in [-0.1, -0.05) is 29.8 Å². The van der Waals surface area contributed by atoms with Gasteiger partial charge in [0.25, 0.3) is 0 Å². The fraction of sp³-hybridized carbons (Fsp3) is 0.529. The molecule has 2 rings (SSSR count). The number of aryl methyl sites for hydroxylation is 1. The SMILES string of the molecule is COC(=O)CCC1(CCC(=O)c2ccc(C)cc2)OCCO1. The van der Waals surface area contributed by atoms with Crippen molar-refractivity contribution < 1.29 is 23.8 Å². The summed E-state index contributed by atoms with van der Waals surface area (Å²) in [5, 5.41) is 0. The Morgan fingerprint density at radius 3 is 2.27 bits per heavy atom. The van der Waals surface area contributed by atoms with E-state index in [0.29, 0.717) is 38.0 Å². The molecule has 0 N–H and O–H groups in total. The van der Waals surface area contributed by atoms with Gasteiger partial charge in [0.05, 0.1) is 26.7 Å². The molecule has 0 atom stereocenters. The van der Waals surface area contributed by atoms with E-state index in [0.717, 1.165) is 5.56 Å².